The van der Waals surface area contributed by atoms with Crippen LogP contribution in [-0.4, -0.2) is 41.5 Å². The van der Waals surface area contributed by atoms with E-state index in [9.17, 15) is 0 Å². The van der Waals surface area contributed by atoms with Crippen LogP contribution in [0.3, 0.4) is 0 Å². The van der Waals surface area contributed by atoms with Crippen LogP contribution in [0.4, 0.5) is 11.5 Å². The number of nitrogens with zero attached hydrogens (tertiary/aromatic N) is 3. The molecular formula is C20H19N5O3. The lowest BCUT2D eigenvalue weighted by atomic mass is 10.2. The second kappa shape index (κ2) is 7.43. The number of H-pyrrole nitrogens is 1. The van der Waals surface area contributed by atoms with Gasteiger partial charge in [-0.15, -0.1) is 0 Å². The maximum atomic E-state index is 5.37. The third kappa shape index (κ3) is 3.27. The second-order valence-corrected chi connectivity index (χ2v) is 5.95. The van der Waals surface area contributed by atoms with Crippen LogP contribution in [0.25, 0.3) is 22.4 Å². The number of anilines is 2. The Kier molecular flexibility index (Phi) is 4.67. The van der Waals surface area contributed by atoms with Crippen molar-refractivity contribution in [1.29, 1.82) is 0 Å². The predicted molar refractivity (Wildman–Crippen MR) is 107 cm³/mol. The summed E-state index contributed by atoms with van der Waals surface area (Å²) in [4.78, 5) is 9.28. The van der Waals surface area contributed by atoms with E-state index in [1.54, 1.807) is 27.5 Å². The molecule has 4 rings (SSSR count). The summed E-state index contributed by atoms with van der Waals surface area (Å²) in [5.74, 6) is 3.25. The Bertz CT molecular complexity index is 1110. The van der Waals surface area contributed by atoms with Crippen molar-refractivity contribution < 1.29 is 14.2 Å². The van der Waals surface area contributed by atoms with Crippen molar-refractivity contribution in [2.45, 2.75) is 0 Å². The summed E-state index contributed by atoms with van der Waals surface area (Å²) in [5.41, 5.74) is 3.10. The van der Waals surface area contributed by atoms with Crippen LogP contribution in [0.1, 0.15) is 0 Å². The SMILES string of the molecule is COc1ccc(-c2nc(Nc3ccc(OC)c(OC)c3)c3[nH]ncc3n2)cc1. The lowest BCUT2D eigenvalue weighted by molar-refractivity contribution is 0.355. The van der Waals surface area contributed by atoms with Gasteiger partial charge in [0, 0.05) is 17.3 Å². The molecule has 0 radical (unpaired) electrons. The molecular weight excluding hydrogens is 358 g/mol. The molecule has 0 aliphatic heterocycles. The Morgan fingerprint density at radius 3 is 2.36 bits per heavy atom. The first-order valence-electron chi connectivity index (χ1n) is 8.56. The van der Waals surface area contributed by atoms with Crippen LogP contribution in [0.2, 0.25) is 0 Å². The van der Waals surface area contributed by atoms with E-state index < -0.39 is 0 Å². The highest BCUT2D eigenvalue weighted by molar-refractivity contribution is 5.88. The van der Waals surface area contributed by atoms with E-state index in [4.69, 9.17) is 14.2 Å². The van der Waals surface area contributed by atoms with E-state index in [-0.39, 0.29) is 0 Å². The summed E-state index contributed by atoms with van der Waals surface area (Å²) in [6, 6.07) is 13.1. The fourth-order valence-electron chi connectivity index (χ4n) is 2.85. The quantitative estimate of drug-likeness (QED) is 0.528. The standard InChI is InChI=1S/C20H19N5O3/c1-26-14-7-4-12(5-8-14)19-23-15-11-21-25-18(15)20(24-19)22-13-6-9-16(27-2)17(10-13)28-3/h4-11H,1-3H3,(H,21,25)(H,22,23,24). The topological polar surface area (TPSA) is 94.2 Å². The van der Waals surface area contributed by atoms with Gasteiger partial charge in [0.2, 0.25) is 0 Å². The Morgan fingerprint density at radius 1 is 0.857 bits per heavy atom. The van der Waals surface area contributed by atoms with Gasteiger partial charge >= 0.3 is 0 Å². The Labute approximate surface area is 161 Å². The second-order valence-electron chi connectivity index (χ2n) is 5.95. The molecule has 0 unspecified atom stereocenters. The van der Waals surface area contributed by atoms with Crippen molar-refractivity contribution in [2.24, 2.45) is 0 Å². The minimum absolute atomic E-state index is 0.583. The molecule has 2 aromatic heterocycles. The first-order valence-corrected chi connectivity index (χ1v) is 8.56. The summed E-state index contributed by atoms with van der Waals surface area (Å²) in [6.45, 7) is 0. The lowest BCUT2D eigenvalue weighted by Crippen LogP contribution is -2.00. The van der Waals surface area contributed by atoms with E-state index in [1.165, 1.54) is 0 Å². The third-order valence-electron chi connectivity index (χ3n) is 4.29. The molecule has 4 aromatic rings. The van der Waals surface area contributed by atoms with Gasteiger partial charge in [-0.1, -0.05) is 0 Å². The average molecular weight is 377 g/mol. The van der Waals surface area contributed by atoms with E-state index >= 15 is 0 Å². The Balaban J connectivity index is 1.75. The fraction of sp³-hybridized carbons (Fsp3) is 0.150. The van der Waals surface area contributed by atoms with E-state index in [1.807, 2.05) is 42.5 Å². The number of hydrogen-bond acceptors (Lipinski definition) is 7. The van der Waals surface area contributed by atoms with Crippen LogP contribution >= 0.6 is 0 Å². The van der Waals surface area contributed by atoms with Crippen LogP contribution in [0.15, 0.2) is 48.7 Å². The van der Waals surface area contributed by atoms with Gasteiger partial charge in [-0.25, -0.2) is 9.97 Å². The van der Waals surface area contributed by atoms with Crippen LogP contribution in [0, 0.1) is 0 Å². The van der Waals surface area contributed by atoms with Crippen molar-refractivity contribution in [2.75, 3.05) is 26.6 Å². The highest BCUT2D eigenvalue weighted by atomic mass is 16.5. The molecule has 0 aliphatic carbocycles. The fourth-order valence-corrected chi connectivity index (χ4v) is 2.85. The maximum Gasteiger partial charge on any atom is 0.162 e. The minimum Gasteiger partial charge on any atom is -0.497 e. The number of nitrogens with one attached hydrogen (secondary N) is 2. The number of methoxy groups -OCH3 is 3. The van der Waals surface area contributed by atoms with Crippen molar-refractivity contribution in [3.8, 4) is 28.6 Å². The summed E-state index contributed by atoms with van der Waals surface area (Å²) in [6.07, 6.45) is 1.67. The zero-order valence-corrected chi connectivity index (χ0v) is 15.7. The molecule has 0 fully saturated rings. The number of benzene rings is 2. The monoisotopic (exact) mass is 377 g/mol. The molecule has 8 heteroatoms. The van der Waals surface area contributed by atoms with Crippen LogP contribution in [0.5, 0.6) is 17.2 Å². The lowest BCUT2D eigenvalue weighted by Gasteiger charge is -2.12. The van der Waals surface area contributed by atoms with Gasteiger partial charge < -0.3 is 19.5 Å². The van der Waals surface area contributed by atoms with Crippen LogP contribution in [-0.2, 0) is 0 Å². The minimum atomic E-state index is 0.583. The smallest absolute Gasteiger partial charge is 0.162 e. The Hall–Kier alpha value is -3.81. The van der Waals surface area contributed by atoms with Gasteiger partial charge in [0.25, 0.3) is 0 Å². The molecule has 0 amide bonds. The first kappa shape index (κ1) is 17.6. The molecule has 2 aromatic carbocycles. The number of aromatic amines is 1. The first-order chi connectivity index (χ1) is 13.7. The highest BCUT2D eigenvalue weighted by Gasteiger charge is 2.13. The molecule has 0 spiro atoms. The van der Waals surface area contributed by atoms with E-state index in [0.29, 0.717) is 34.2 Å². The number of rotatable bonds is 6. The van der Waals surface area contributed by atoms with Gasteiger partial charge in [-0.2, -0.15) is 5.10 Å². The molecule has 0 bridgehead atoms. The molecule has 142 valence electrons. The van der Waals surface area contributed by atoms with Crippen molar-refractivity contribution in [3.63, 3.8) is 0 Å². The Morgan fingerprint density at radius 2 is 1.64 bits per heavy atom. The summed E-state index contributed by atoms with van der Waals surface area (Å²) < 4.78 is 15.9. The van der Waals surface area contributed by atoms with Gasteiger partial charge in [-0.3, -0.25) is 5.10 Å². The normalized spacial score (nSPS) is 10.7. The zero-order valence-electron chi connectivity index (χ0n) is 15.7. The molecule has 2 N–H and O–H groups in total. The maximum absolute atomic E-state index is 5.37. The van der Waals surface area contributed by atoms with Gasteiger partial charge in [0.05, 0.1) is 27.5 Å². The largest absolute Gasteiger partial charge is 0.497 e. The van der Waals surface area contributed by atoms with Crippen molar-refractivity contribution in [1.82, 2.24) is 20.2 Å². The molecule has 0 atom stereocenters. The predicted octanol–water partition coefficient (Wildman–Crippen LogP) is 3.79. The van der Waals surface area contributed by atoms with Crippen molar-refractivity contribution in [3.05, 3.63) is 48.7 Å². The molecule has 0 aliphatic rings. The van der Waals surface area contributed by atoms with Gasteiger partial charge in [-0.05, 0) is 36.4 Å². The molecule has 0 saturated carbocycles. The molecule has 2 heterocycles. The van der Waals surface area contributed by atoms with Gasteiger partial charge in [0.1, 0.15) is 16.8 Å². The number of ether oxygens (including phenoxy) is 3. The molecule has 28 heavy (non-hydrogen) atoms. The average Bonchev–Trinajstić information content (AvgIpc) is 3.22. The third-order valence-corrected chi connectivity index (χ3v) is 4.29. The summed E-state index contributed by atoms with van der Waals surface area (Å²) >= 11 is 0. The van der Waals surface area contributed by atoms with E-state index in [0.717, 1.165) is 17.0 Å². The number of hydrogen-bond donors (Lipinski definition) is 2. The summed E-state index contributed by atoms with van der Waals surface area (Å²) in [5, 5.41) is 10.3. The summed E-state index contributed by atoms with van der Waals surface area (Å²) in [7, 11) is 4.83. The van der Waals surface area contributed by atoms with Crippen molar-refractivity contribution >= 4 is 22.5 Å². The highest BCUT2D eigenvalue weighted by Crippen LogP contribution is 2.32. The van der Waals surface area contributed by atoms with Gasteiger partial charge in [0.15, 0.2) is 23.1 Å². The zero-order chi connectivity index (χ0) is 19.5. The molecule has 8 nitrogen and oxygen atoms in total. The number of fused-ring (bicyclic) bond motifs is 1. The molecule has 0 saturated heterocycles. The van der Waals surface area contributed by atoms with E-state index in [2.05, 4.69) is 25.5 Å². The number of aromatic nitrogens is 4. The van der Waals surface area contributed by atoms with Crippen LogP contribution < -0.4 is 19.5 Å².